The monoisotopic (exact) mass is 654 g/mol. The largest absolute Gasteiger partial charge is 0.465 e. The number of anilines is 3. The van der Waals surface area contributed by atoms with Crippen LogP contribution in [0.25, 0.3) is 0 Å². The lowest BCUT2D eigenvalue weighted by Crippen LogP contribution is -2.39. The van der Waals surface area contributed by atoms with Crippen LogP contribution in [0.1, 0.15) is 46.4 Å². The van der Waals surface area contributed by atoms with Crippen molar-refractivity contribution in [2.45, 2.75) is 51.5 Å². The number of hydrogen-bond donors (Lipinski definition) is 3. The molecule has 0 spiro atoms. The van der Waals surface area contributed by atoms with Gasteiger partial charge in [-0.05, 0) is 49.1 Å². The van der Waals surface area contributed by atoms with Crippen molar-refractivity contribution in [2.75, 3.05) is 68.6 Å². The van der Waals surface area contributed by atoms with Gasteiger partial charge in [0.2, 0.25) is 5.95 Å². The molecule has 0 unspecified atom stereocenters. The number of ether oxygens (including phenoxy) is 2. The summed E-state index contributed by atoms with van der Waals surface area (Å²) in [6.07, 6.45) is 4.97. The summed E-state index contributed by atoms with van der Waals surface area (Å²) in [5.41, 5.74) is 3.78. The number of hydrogen-bond acceptors (Lipinski definition) is 12. The van der Waals surface area contributed by atoms with E-state index in [0.29, 0.717) is 43.9 Å². The fourth-order valence-corrected chi connectivity index (χ4v) is 6.05. The number of nitrogens with zero attached hydrogens (tertiary/aromatic N) is 7. The first-order chi connectivity index (χ1) is 23.6. The van der Waals surface area contributed by atoms with E-state index in [1.54, 1.807) is 6.07 Å². The summed E-state index contributed by atoms with van der Waals surface area (Å²) >= 11 is 0. The topological polar surface area (TPSA) is 135 Å². The van der Waals surface area contributed by atoms with E-state index in [9.17, 15) is 4.79 Å². The van der Waals surface area contributed by atoms with Crippen LogP contribution in [-0.4, -0.2) is 94.9 Å². The molecule has 48 heavy (non-hydrogen) atoms. The summed E-state index contributed by atoms with van der Waals surface area (Å²) < 4.78 is 12.3. The second kappa shape index (κ2) is 17.0. The first-order valence-corrected chi connectivity index (χ1v) is 16.9. The first kappa shape index (κ1) is 33.3. The molecule has 13 heteroatoms. The lowest BCUT2D eigenvalue weighted by molar-refractivity contribution is 0.0600. The Morgan fingerprint density at radius 2 is 1.77 bits per heavy atom. The van der Waals surface area contributed by atoms with Crippen LogP contribution in [0.2, 0.25) is 0 Å². The SMILES string of the molecule is COC(=O)c1cccc(CNCCCn2cc(CNc3nc(NC4CCN(Cc5ccccc5)CC4)cc(N4CCOCC4)n3)nn2)c1. The second-order valence-electron chi connectivity index (χ2n) is 12.3. The Bertz CT molecular complexity index is 1590. The molecule has 0 bridgehead atoms. The molecule has 0 radical (unpaired) electrons. The molecule has 4 heterocycles. The molecule has 2 aliphatic rings. The van der Waals surface area contributed by atoms with Crippen LogP contribution < -0.4 is 20.9 Å². The first-order valence-electron chi connectivity index (χ1n) is 16.9. The molecule has 13 nitrogen and oxygen atoms in total. The third-order valence-corrected chi connectivity index (χ3v) is 8.67. The molecule has 0 atom stereocenters. The standard InChI is InChI=1S/C35H46N10O3/c1-47-34(46)29-10-5-9-28(21-29)23-36-13-6-14-45-26-31(41-42-45)24-37-35-39-32(22-33(40-35)44-17-19-48-20-18-44)38-30-11-15-43(16-12-30)25-27-7-3-2-4-8-27/h2-5,7-10,21-22,26,30,36H,6,11-20,23-25H2,1H3,(H2,37,38,39,40). The van der Waals surface area contributed by atoms with E-state index in [1.165, 1.54) is 12.7 Å². The van der Waals surface area contributed by atoms with Gasteiger partial charge in [-0.1, -0.05) is 47.7 Å². The van der Waals surface area contributed by atoms with Crippen LogP contribution in [-0.2, 0) is 35.7 Å². The van der Waals surface area contributed by atoms with Crippen molar-refractivity contribution in [3.8, 4) is 0 Å². The van der Waals surface area contributed by atoms with E-state index < -0.39 is 0 Å². The highest BCUT2D eigenvalue weighted by molar-refractivity contribution is 5.89. The fraction of sp³-hybridized carbons (Fsp3) is 0.457. The van der Waals surface area contributed by atoms with Crippen molar-refractivity contribution in [1.29, 1.82) is 0 Å². The maximum atomic E-state index is 11.8. The lowest BCUT2D eigenvalue weighted by Gasteiger charge is -2.33. The van der Waals surface area contributed by atoms with Crippen molar-refractivity contribution >= 4 is 23.6 Å². The number of morpholine rings is 1. The molecule has 2 aliphatic heterocycles. The third kappa shape index (κ3) is 9.72. The molecular weight excluding hydrogens is 608 g/mol. The van der Waals surface area contributed by atoms with Crippen LogP contribution in [0.4, 0.5) is 17.6 Å². The van der Waals surface area contributed by atoms with Gasteiger partial charge in [-0.2, -0.15) is 9.97 Å². The molecule has 2 fully saturated rings. The summed E-state index contributed by atoms with van der Waals surface area (Å²) in [7, 11) is 1.39. The predicted molar refractivity (Wildman–Crippen MR) is 185 cm³/mol. The minimum atomic E-state index is -0.326. The molecule has 6 rings (SSSR count). The lowest BCUT2D eigenvalue weighted by atomic mass is 10.0. The van der Waals surface area contributed by atoms with Crippen molar-refractivity contribution in [1.82, 2.24) is 35.2 Å². The molecule has 0 aliphatic carbocycles. The maximum Gasteiger partial charge on any atom is 0.337 e. The van der Waals surface area contributed by atoms with E-state index in [-0.39, 0.29) is 5.97 Å². The normalized spacial score (nSPS) is 15.7. The Morgan fingerprint density at radius 3 is 2.58 bits per heavy atom. The van der Waals surface area contributed by atoms with Crippen LogP contribution in [0.5, 0.6) is 0 Å². The van der Waals surface area contributed by atoms with Gasteiger partial charge >= 0.3 is 5.97 Å². The zero-order valence-electron chi connectivity index (χ0n) is 27.7. The van der Waals surface area contributed by atoms with Gasteiger partial charge in [0, 0.05) is 57.9 Å². The maximum absolute atomic E-state index is 11.8. The van der Waals surface area contributed by atoms with Gasteiger partial charge < -0.3 is 30.3 Å². The Labute approximate surface area is 282 Å². The highest BCUT2D eigenvalue weighted by atomic mass is 16.5. The molecule has 3 N–H and O–H groups in total. The molecule has 0 saturated carbocycles. The zero-order valence-corrected chi connectivity index (χ0v) is 27.7. The van der Waals surface area contributed by atoms with Crippen molar-refractivity contribution in [2.24, 2.45) is 0 Å². The molecular formula is C35H46N10O3. The summed E-state index contributed by atoms with van der Waals surface area (Å²) in [4.78, 5) is 26.3. The van der Waals surface area contributed by atoms with Crippen LogP contribution in [0.15, 0.2) is 66.9 Å². The number of methoxy groups -OCH3 is 1. The van der Waals surface area contributed by atoms with Crippen LogP contribution in [0, 0.1) is 0 Å². The number of aromatic nitrogens is 5. The zero-order chi connectivity index (χ0) is 33.0. The van der Waals surface area contributed by atoms with Crippen molar-refractivity contribution in [3.63, 3.8) is 0 Å². The molecule has 0 amide bonds. The Morgan fingerprint density at radius 1 is 0.958 bits per heavy atom. The number of benzene rings is 2. The van der Waals surface area contributed by atoms with Gasteiger partial charge in [0.25, 0.3) is 0 Å². The average Bonchev–Trinajstić information content (AvgIpc) is 3.59. The number of aryl methyl sites for hydroxylation is 1. The van der Waals surface area contributed by atoms with Crippen LogP contribution in [0.3, 0.4) is 0 Å². The molecule has 2 aromatic carbocycles. The summed E-state index contributed by atoms with van der Waals surface area (Å²) in [5, 5.41) is 19.2. The number of carbonyl (C=O) groups is 1. The minimum Gasteiger partial charge on any atom is -0.465 e. The molecule has 2 saturated heterocycles. The van der Waals surface area contributed by atoms with Gasteiger partial charge in [-0.3, -0.25) is 9.58 Å². The summed E-state index contributed by atoms with van der Waals surface area (Å²) in [6, 6.07) is 20.6. The number of rotatable bonds is 15. The van der Waals surface area contributed by atoms with Gasteiger partial charge in [0.05, 0.1) is 38.6 Å². The average molecular weight is 655 g/mol. The van der Waals surface area contributed by atoms with E-state index >= 15 is 0 Å². The highest BCUT2D eigenvalue weighted by Gasteiger charge is 2.21. The van der Waals surface area contributed by atoms with Crippen molar-refractivity contribution in [3.05, 3.63) is 89.2 Å². The smallest absolute Gasteiger partial charge is 0.337 e. The van der Waals surface area contributed by atoms with Gasteiger partial charge in [0.1, 0.15) is 17.3 Å². The second-order valence-corrected chi connectivity index (χ2v) is 12.3. The molecule has 2 aromatic heterocycles. The predicted octanol–water partition coefficient (Wildman–Crippen LogP) is 3.56. The van der Waals surface area contributed by atoms with E-state index in [0.717, 1.165) is 88.0 Å². The molecule has 254 valence electrons. The van der Waals surface area contributed by atoms with Crippen molar-refractivity contribution < 1.29 is 14.3 Å². The fourth-order valence-electron chi connectivity index (χ4n) is 6.05. The Hall–Kier alpha value is -4.59. The summed E-state index contributed by atoms with van der Waals surface area (Å²) in [5.74, 6) is 1.97. The van der Waals surface area contributed by atoms with E-state index in [2.05, 4.69) is 72.5 Å². The Balaban J connectivity index is 0.985. The third-order valence-electron chi connectivity index (χ3n) is 8.67. The van der Waals surface area contributed by atoms with E-state index in [4.69, 9.17) is 19.4 Å². The number of nitrogens with one attached hydrogen (secondary N) is 3. The quantitative estimate of drug-likeness (QED) is 0.128. The number of esters is 1. The number of carbonyl (C=O) groups excluding carboxylic acids is 1. The van der Waals surface area contributed by atoms with Crippen LogP contribution >= 0.6 is 0 Å². The van der Waals surface area contributed by atoms with E-state index in [1.807, 2.05) is 29.1 Å². The summed E-state index contributed by atoms with van der Waals surface area (Å²) in [6.45, 7) is 8.77. The van der Waals surface area contributed by atoms with Gasteiger partial charge in [-0.15, -0.1) is 5.10 Å². The van der Waals surface area contributed by atoms with Gasteiger partial charge in [-0.25, -0.2) is 4.79 Å². The number of piperidine rings is 1. The Kier molecular flexibility index (Phi) is 11.8. The number of likely N-dealkylation sites (tertiary alicyclic amines) is 1. The minimum absolute atomic E-state index is 0.326. The molecule has 4 aromatic rings. The van der Waals surface area contributed by atoms with Gasteiger partial charge in [0.15, 0.2) is 0 Å². The highest BCUT2D eigenvalue weighted by Crippen LogP contribution is 2.23.